The van der Waals surface area contributed by atoms with Crippen LogP contribution in [-0.4, -0.2) is 31.1 Å². The van der Waals surface area contributed by atoms with Crippen molar-refractivity contribution in [2.75, 3.05) is 26.2 Å². The van der Waals surface area contributed by atoms with Crippen LogP contribution in [0.3, 0.4) is 0 Å². The maximum Gasteiger partial charge on any atom is 0.0962 e. The molecule has 0 aliphatic carbocycles. The molecule has 1 fully saturated rings. The van der Waals surface area contributed by atoms with Crippen molar-refractivity contribution in [1.29, 1.82) is 0 Å². The first-order chi connectivity index (χ1) is 8.43. The summed E-state index contributed by atoms with van der Waals surface area (Å²) in [4.78, 5) is 4.15. The first kappa shape index (κ1) is 11.7. The molecule has 1 saturated heterocycles. The molecule has 1 atom stereocenters. The van der Waals surface area contributed by atoms with Gasteiger partial charge in [-0.05, 0) is 42.9 Å². The number of nitrogens with zero attached hydrogens (tertiary/aromatic N) is 1. The molecular weight excluding hydrogens is 230 g/mol. The Labute approximate surface area is 108 Å². The Morgan fingerprint density at radius 3 is 2.88 bits per heavy atom. The van der Waals surface area contributed by atoms with Gasteiger partial charge in [-0.25, -0.2) is 0 Å². The second-order valence-corrected chi connectivity index (χ2v) is 6.12. The summed E-state index contributed by atoms with van der Waals surface area (Å²) in [7, 11) is 0. The summed E-state index contributed by atoms with van der Waals surface area (Å²) in [6.45, 7) is 4.54. The predicted octanol–water partition coefficient (Wildman–Crippen LogP) is 3.24. The van der Waals surface area contributed by atoms with Crippen LogP contribution in [0.4, 0.5) is 0 Å². The van der Waals surface area contributed by atoms with Crippen molar-refractivity contribution in [3.05, 3.63) is 21.9 Å². The molecule has 3 rings (SSSR count). The van der Waals surface area contributed by atoms with E-state index in [0.29, 0.717) is 6.10 Å². The summed E-state index contributed by atoms with van der Waals surface area (Å²) in [5.41, 5.74) is 1.46. The lowest BCUT2D eigenvalue weighted by molar-refractivity contribution is 0.0177. The highest BCUT2D eigenvalue weighted by atomic mass is 32.1. The van der Waals surface area contributed by atoms with E-state index >= 15 is 0 Å². The van der Waals surface area contributed by atoms with E-state index in [4.69, 9.17) is 4.74 Å². The quantitative estimate of drug-likeness (QED) is 0.800. The third-order valence-corrected chi connectivity index (χ3v) is 4.89. The van der Waals surface area contributed by atoms with Gasteiger partial charge >= 0.3 is 0 Å². The summed E-state index contributed by atoms with van der Waals surface area (Å²) in [5.74, 6) is 0. The molecule has 17 heavy (non-hydrogen) atoms. The maximum absolute atomic E-state index is 5.97. The average molecular weight is 251 g/mol. The minimum absolute atomic E-state index is 0.336. The largest absolute Gasteiger partial charge is 0.372 e. The van der Waals surface area contributed by atoms with Gasteiger partial charge in [0.25, 0.3) is 0 Å². The molecule has 2 aliphatic rings. The normalized spacial score (nSPS) is 26.5. The first-order valence-corrected chi connectivity index (χ1v) is 7.72. The molecule has 1 aromatic heterocycles. The summed E-state index contributed by atoms with van der Waals surface area (Å²) in [5, 5.41) is 2.22. The Morgan fingerprint density at radius 2 is 2.06 bits per heavy atom. The fourth-order valence-corrected chi connectivity index (χ4v) is 3.84. The fourth-order valence-electron chi connectivity index (χ4n) is 2.93. The summed E-state index contributed by atoms with van der Waals surface area (Å²) >= 11 is 1.90. The van der Waals surface area contributed by atoms with Crippen molar-refractivity contribution < 1.29 is 4.74 Å². The van der Waals surface area contributed by atoms with Crippen LogP contribution in [-0.2, 0) is 11.2 Å². The van der Waals surface area contributed by atoms with E-state index in [1.807, 2.05) is 11.3 Å². The highest BCUT2D eigenvalue weighted by Crippen LogP contribution is 2.31. The van der Waals surface area contributed by atoms with Crippen molar-refractivity contribution in [3.8, 4) is 0 Å². The van der Waals surface area contributed by atoms with Crippen LogP contribution in [0.5, 0.6) is 0 Å². The van der Waals surface area contributed by atoms with Crippen LogP contribution >= 0.6 is 11.3 Å². The Kier molecular flexibility index (Phi) is 3.79. The summed E-state index contributed by atoms with van der Waals surface area (Å²) in [6.07, 6.45) is 7.00. The lowest BCUT2D eigenvalue weighted by Crippen LogP contribution is -2.32. The van der Waals surface area contributed by atoms with Gasteiger partial charge < -0.3 is 9.64 Å². The zero-order valence-corrected chi connectivity index (χ0v) is 11.2. The van der Waals surface area contributed by atoms with Gasteiger partial charge in [-0.15, -0.1) is 11.3 Å². The highest BCUT2D eigenvalue weighted by molar-refractivity contribution is 7.10. The third kappa shape index (κ3) is 2.72. The van der Waals surface area contributed by atoms with Gasteiger partial charge in [0.1, 0.15) is 0 Å². The molecule has 94 valence electrons. The van der Waals surface area contributed by atoms with Gasteiger partial charge in [0, 0.05) is 17.8 Å². The predicted molar refractivity (Wildman–Crippen MR) is 71.6 cm³/mol. The molecule has 0 bridgehead atoms. The van der Waals surface area contributed by atoms with Crippen LogP contribution in [0.2, 0.25) is 0 Å². The number of ether oxygens (including phenoxy) is 1. The molecule has 1 unspecified atom stereocenters. The van der Waals surface area contributed by atoms with E-state index in [-0.39, 0.29) is 0 Å². The van der Waals surface area contributed by atoms with Crippen LogP contribution in [0, 0.1) is 0 Å². The van der Waals surface area contributed by atoms with Gasteiger partial charge in [0.2, 0.25) is 0 Å². The lowest BCUT2D eigenvalue weighted by atomic mass is 10.1. The van der Waals surface area contributed by atoms with E-state index in [9.17, 15) is 0 Å². The van der Waals surface area contributed by atoms with Crippen LogP contribution in [0.1, 0.15) is 42.2 Å². The smallest absolute Gasteiger partial charge is 0.0962 e. The standard InChI is InChI=1S/C14H21NOS/c1-2-4-8-15(7-3-1)11-13-12-6-10-17-14(12)5-9-16-13/h6,10,13H,1-5,7-9,11H2. The van der Waals surface area contributed by atoms with E-state index < -0.39 is 0 Å². The highest BCUT2D eigenvalue weighted by Gasteiger charge is 2.24. The fraction of sp³-hybridized carbons (Fsp3) is 0.714. The number of hydrogen-bond acceptors (Lipinski definition) is 3. The van der Waals surface area contributed by atoms with Crippen molar-refractivity contribution in [3.63, 3.8) is 0 Å². The van der Waals surface area contributed by atoms with Crippen molar-refractivity contribution in [2.24, 2.45) is 0 Å². The molecule has 0 N–H and O–H groups in total. The van der Waals surface area contributed by atoms with Gasteiger partial charge in [0.05, 0.1) is 12.7 Å². The SMILES string of the molecule is c1cc2c(s1)CCOC2CN1CCCCCC1. The Morgan fingerprint density at radius 1 is 1.24 bits per heavy atom. The molecule has 0 radical (unpaired) electrons. The molecule has 3 heteroatoms. The number of fused-ring (bicyclic) bond motifs is 1. The summed E-state index contributed by atoms with van der Waals surface area (Å²) in [6, 6.07) is 2.27. The maximum atomic E-state index is 5.97. The second-order valence-electron chi connectivity index (χ2n) is 5.12. The molecule has 1 aromatic rings. The number of likely N-dealkylation sites (tertiary alicyclic amines) is 1. The summed E-state index contributed by atoms with van der Waals surface area (Å²) < 4.78 is 5.97. The van der Waals surface area contributed by atoms with Crippen LogP contribution < -0.4 is 0 Å². The minimum Gasteiger partial charge on any atom is -0.372 e. The van der Waals surface area contributed by atoms with Crippen molar-refractivity contribution >= 4 is 11.3 Å². The molecule has 2 nitrogen and oxygen atoms in total. The zero-order valence-electron chi connectivity index (χ0n) is 10.4. The van der Waals surface area contributed by atoms with Gasteiger partial charge in [-0.1, -0.05) is 12.8 Å². The molecule has 2 aliphatic heterocycles. The van der Waals surface area contributed by atoms with E-state index in [1.165, 1.54) is 44.3 Å². The van der Waals surface area contributed by atoms with Crippen molar-refractivity contribution in [1.82, 2.24) is 4.90 Å². The van der Waals surface area contributed by atoms with Crippen LogP contribution in [0.25, 0.3) is 0 Å². The second kappa shape index (κ2) is 5.51. The topological polar surface area (TPSA) is 12.5 Å². The molecule has 0 aromatic carbocycles. The third-order valence-electron chi connectivity index (χ3n) is 3.90. The monoisotopic (exact) mass is 251 g/mol. The molecule has 0 spiro atoms. The van der Waals surface area contributed by atoms with Crippen LogP contribution in [0.15, 0.2) is 11.4 Å². The van der Waals surface area contributed by atoms with Crippen molar-refractivity contribution in [2.45, 2.75) is 38.2 Å². The Balaban J connectivity index is 1.65. The molecule has 0 saturated carbocycles. The Hall–Kier alpha value is -0.380. The zero-order chi connectivity index (χ0) is 11.5. The van der Waals surface area contributed by atoms with Gasteiger partial charge in [0.15, 0.2) is 0 Å². The molecule has 0 amide bonds. The van der Waals surface area contributed by atoms with E-state index in [0.717, 1.165) is 19.6 Å². The lowest BCUT2D eigenvalue weighted by Gasteiger charge is -2.29. The minimum atomic E-state index is 0.336. The average Bonchev–Trinajstić information content (AvgIpc) is 2.69. The molecule has 3 heterocycles. The van der Waals surface area contributed by atoms with Gasteiger partial charge in [-0.2, -0.15) is 0 Å². The molecular formula is C14H21NOS. The number of rotatable bonds is 2. The number of thiophene rings is 1. The Bertz CT molecular complexity index is 355. The van der Waals surface area contributed by atoms with Gasteiger partial charge in [-0.3, -0.25) is 0 Å². The first-order valence-electron chi connectivity index (χ1n) is 6.84. The van der Waals surface area contributed by atoms with E-state index in [1.54, 1.807) is 4.88 Å². The number of hydrogen-bond donors (Lipinski definition) is 0. The van der Waals surface area contributed by atoms with E-state index in [2.05, 4.69) is 16.3 Å².